The molecule has 2 N–H and O–H groups in total. The van der Waals surface area contributed by atoms with Crippen molar-refractivity contribution in [3.63, 3.8) is 0 Å². The van der Waals surface area contributed by atoms with Crippen molar-refractivity contribution in [3.8, 4) is 0 Å². The van der Waals surface area contributed by atoms with Crippen LogP contribution in [0.15, 0.2) is 35.0 Å². The minimum absolute atomic E-state index is 0.134. The minimum Gasteiger partial charge on any atom is -0.326 e. The fourth-order valence-electron chi connectivity index (χ4n) is 2.43. The highest BCUT2D eigenvalue weighted by Crippen LogP contribution is 2.29. The maximum absolute atomic E-state index is 6.21. The van der Waals surface area contributed by atoms with Crippen molar-refractivity contribution in [1.29, 1.82) is 0 Å². The predicted molar refractivity (Wildman–Crippen MR) is 86.0 cm³/mol. The van der Waals surface area contributed by atoms with Crippen LogP contribution in [0.1, 0.15) is 29.6 Å². The van der Waals surface area contributed by atoms with Crippen LogP contribution in [0, 0.1) is 0 Å². The Bertz CT molecular complexity index is 462. The molecule has 3 atom stereocenters. The SMILES string of the molecule is CC(N)C(c1cccs1)N(C)C(C)Cc1cccs1. The van der Waals surface area contributed by atoms with Crippen molar-refractivity contribution in [2.45, 2.75) is 38.4 Å². The number of nitrogens with two attached hydrogens (primary N) is 1. The summed E-state index contributed by atoms with van der Waals surface area (Å²) < 4.78 is 0. The number of hydrogen-bond acceptors (Lipinski definition) is 4. The first kappa shape index (κ1) is 14.7. The molecule has 0 saturated heterocycles. The highest BCUT2D eigenvalue weighted by molar-refractivity contribution is 7.10. The van der Waals surface area contributed by atoms with Gasteiger partial charge in [-0.05, 0) is 50.2 Å². The molecule has 0 amide bonds. The summed E-state index contributed by atoms with van der Waals surface area (Å²) in [7, 11) is 2.19. The molecule has 0 radical (unpaired) electrons. The lowest BCUT2D eigenvalue weighted by Gasteiger charge is -2.35. The van der Waals surface area contributed by atoms with E-state index in [-0.39, 0.29) is 6.04 Å². The lowest BCUT2D eigenvalue weighted by Crippen LogP contribution is -2.42. The fourth-order valence-corrected chi connectivity index (χ4v) is 4.25. The second kappa shape index (κ2) is 6.66. The zero-order valence-corrected chi connectivity index (χ0v) is 13.4. The van der Waals surface area contributed by atoms with Crippen LogP contribution in [0.2, 0.25) is 0 Å². The van der Waals surface area contributed by atoms with Gasteiger partial charge in [-0.25, -0.2) is 0 Å². The summed E-state index contributed by atoms with van der Waals surface area (Å²) in [5.41, 5.74) is 6.21. The molecule has 0 saturated carbocycles. The summed E-state index contributed by atoms with van der Waals surface area (Å²) in [6.07, 6.45) is 1.09. The van der Waals surface area contributed by atoms with Gasteiger partial charge in [0.2, 0.25) is 0 Å². The topological polar surface area (TPSA) is 29.3 Å². The Morgan fingerprint density at radius 3 is 2.37 bits per heavy atom. The molecule has 104 valence electrons. The van der Waals surface area contributed by atoms with Gasteiger partial charge in [0.05, 0.1) is 6.04 Å². The smallest absolute Gasteiger partial charge is 0.0590 e. The van der Waals surface area contributed by atoms with Gasteiger partial charge in [-0.3, -0.25) is 4.90 Å². The first-order chi connectivity index (χ1) is 9.09. The Kier molecular flexibility index (Phi) is 5.16. The second-order valence-corrected chi connectivity index (χ2v) is 7.13. The first-order valence-corrected chi connectivity index (χ1v) is 8.39. The van der Waals surface area contributed by atoms with Gasteiger partial charge in [0, 0.05) is 21.8 Å². The molecule has 0 aromatic carbocycles. The maximum Gasteiger partial charge on any atom is 0.0590 e. The van der Waals surface area contributed by atoms with E-state index >= 15 is 0 Å². The van der Waals surface area contributed by atoms with Gasteiger partial charge in [0.1, 0.15) is 0 Å². The molecule has 0 aliphatic heterocycles. The van der Waals surface area contributed by atoms with Crippen molar-refractivity contribution in [1.82, 2.24) is 4.90 Å². The molecule has 2 nitrogen and oxygen atoms in total. The molecule has 0 aliphatic rings. The van der Waals surface area contributed by atoms with E-state index in [4.69, 9.17) is 5.73 Å². The lowest BCUT2D eigenvalue weighted by molar-refractivity contribution is 0.167. The minimum atomic E-state index is 0.134. The van der Waals surface area contributed by atoms with Crippen LogP contribution in [-0.4, -0.2) is 24.0 Å². The molecular formula is C15H22N2S2. The lowest BCUT2D eigenvalue weighted by atomic mass is 10.0. The zero-order valence-electron chi connectivity index (χ0n) is 11.7. The van der Waals surface area contributed by atoms with Crippen molar-refractivity contribution in [3.05, 3.63) is 44.8 Å². The Morgan fingerprint density at radius 2 is 1.84 bits per heavy atom. The van der Waals surface area contributed by atoms with Crippen LogP contribution in [0.25, 0.3) is 0 Å². The summed E-state index contributed by atoms with van der Waals surface area (Å²) in [4.78, 5) is 5.21. The van der Waals surface area contributed by atoms with Gasteiger partial charge in [0.25, 0.3) is 0 Å². The first-order valence-electron chi connectivity index (χ1n) is 6.63. The van der Waals surface area contributed by atoms with Gasteiger partial charge in [0.15, 0.2) is 0 Å². The molecule has 3 unspecified atom stereocenters. The molecular weight excluding hydrogens is 272 g/mol. The van der Waals surface area contributed by atoms with Crippen LogP contribution in [0.4, 0.5) is 0 Å². The summed E-state index contributed by atoms with van der Waals surface area (Å²) >= 11 is 3.62. The van der Waals surface area contributed by atoms with E-state index in [0.29, 0.717) is 12.1 Å². The molecule has 2 aromatic rings. The average Bonchev–Trinajstić information content (AvgIpc) is 3.01. The molecule has 0 aliphatic carbocycles. The van der Waals surface area contributed by atoms with Crippen molar-refractivity contribution in [2.75, 3.05) is 7.05 Å². The summed E-state index contributed by atoms with van der Waals surface area (Å²) in [6.45, 7) is 4.38. The van der Waals surface area contributed by atoms with Gasteiger partial charge in [-0.15, -0.1) is 22.7 Å². The van der Waals surface area contributed by atoms with Crippen LogP contribution in [0.5, 0.6) is 0 Å². The summed E-state index contributed by atoms with van der Waals surface area (Å²) in [5, 5.41) is 4.27. The number of rotatable bonds is 6. The third kappa shape index (κ3) is 3.66. The van der Waals surface area contributed by atoms with E-state index in [1.165, 1.54) is 9.75 Å². The summed E-state index contributed by atoms with van der Waals surface area (Å²) in [5.74, 6) is 0. The molecule has 0 fully saturated rings. The molecule has 4 heteroatoms. The Labute approximate surface area is 123 Å². The average molecular weight is 294 g/mol. The molecule has 0 spiro atoms. The number of thiophene rings is 2. The molecule has 0 bridgehead atoms. The third-order valence-corrected chi connectivity index (χ3v) is 5.39. The number of hydrogen-bond donors (Lipinski definition) is 1. The van der Waals surface area contributed by atoms with Crippen LogP contribution in [-0.2, 0) is 6.42 Å². The van der Waals surface area contributed by atoms with Crippen LogP contribution < -0.4 is 5.73 Å². The van der Waals surface area contributed by atoms with Crippen LogP contribution >= 0.6 is 22.7 Å². The maximum atomic E-state index is 6.21. The standard InChI is InChI=1S/C15H22N2S2/c1-11(10-13-6-4-8-18-13)17(3)15(12(2)16)14-7-5-9-19-14/h4-9,11-12,15H,10,16H2,1-3H3. The zero-order chi connectivity index (χ0) is 13.8. The molecule has 2 aromatic heterocycles. The number of nitrogens with zero attached hydrogens (tertiary/aromatic N) is 1. The van der Waals surface area contributed by atoms with Crippen molar-refractivity contribution in [2.24, 2.45) is 5.73 Å². The van der Waals surface area contributed by atoms with Crippen molar-refractivity contribution < 1.29 is 0 Å². The quantitative estimate of drug-likeness (QED) is 0.879. The van der Waals surface area contributed by atoms with E-state index in [1.807, 2.05) is 11.3 Å². The largest absolute Gasteiger partial charge is 0.326 e. The number of likely N-dealkylation sites (N-methyl/N-ethyl adjacent to an activating group) is 1. The van der Waals surface area contributed by atoms with Gasteiger partial charge in [-0.1, -0.05) is 12.1 Å². The van der Waals surface area contributed by atoms with Gasteiger partial charge >= 0.3 is 0 Å². The Balaban J connectivity index is 2.09. The predicted octanol–water partition coefficient (Wildman–Crippen LogP) is 3.76. The van der Waals surface area contributed by atoms with E-state index in [9.17, 15) is 0 Å². The van der Waals surface area contributed by atoms with Crippen molar-refractivity contribution >= 4 is 22.7 Å². The highest BCUT2D eigenvalue weighted by Gasteiger charge is 2.25. The van der Waals surface area contributed by atoms with Gasteiger partial charge < -0.3 is 5.73 Å². The summed E-state index contributed by atoms with van der Waals surface area (Å²) in [6, 6.07) is 9.54. The van der Waals surface area contributed by atoms with E-state index in [1.54, 1.807) is 11.3 Å². The van der Waals surface area contributed by atoms with Gasteiger partial charge in [-0.2, -0.15) is 0 Å². The molecule has 19 heavy (non-hydrogen) atoms. The molecule has 2 heterocycles. The van der Waals surface area contributed by atoms with E-state index < -0.39 is 0 Å². The Morgan fingerprint density at radius 1 is 1.16 bits per heavy atom. The normalized spacial score (nSPS) is 16.5. The third-order valence-electron chi connectivity index (χ3n) is 3.54. The second-order valence-electron chi connectivity index (χ2n) is 5.12. The van der Waals surface area contributed by atoms with E-state index in [2.05, 4.69) is 60.8 Å². The van der Waals surface area contributed by atoms with E-state index in [0.717, 1.165) is 6.42 Å². The Hall–Kier alpha value is -0.680. The monoisotopic (exact) mass is 294 g/mol. The highest BCUT2D eigenvalue weighted by atomic mass is 32.1. The fraction of sp³-hybridized carbons (Fsp3) is 0.467. The van der Waals surface area contributed by atoms with Crippen LogP contribution in [0.3, 0.4) is 0 Å². The molecule has 2 rings (SSSR count).